The van der Waals surface area contributed by atoms with E-state index >= 15 is 0 Å². The van der Waals surface area contributed by atoms with Gasteiger partial charge >= 0.3 is 0 Å². The Morgan fingerprint density at radius 3 is 2.65 bits per heavy atom. The van der Waals surface area contributed by atoms with Crippen LogP contribution in [0.25, 0.3) is 11.0 Å². The van der Waals surface area contributed by atoms with Gasteiger partial charge in [-0.2, -0.15) is 0 Å². The largest absolute Gasteiger partial charge is 0.493 e. The van der Waals surface area contributed by atoms with Crippen LogP contribution >= 0.6 is 0 Å². The van der Waals surface area contributed by atoms with Gasteiger partial charge in [-0.1, -0.05) is 24.3 Å². The van der Waals surface area contributed by atoms with Crippen molar-refractivity contribution < 1.29 is 14.3 Å². The number of carbonyl (C=O) groups is 2. The van der Waals surface area contributed by atoms with Gasteiger partial charge < -0.3 is 20.4 Å². The van der Waals surface area contributed by atoms with Crippen LogP contribution in [-0.4, -0.2) is 34.9 Å². The highest BCUT2D eigenvalue weighted by Gasteiger charge is 2.13. The van der Waals surface area contributed by atoms with Crippen LogP contribution in [0.4, 0.5) is 0 Å². The number of nitrogens with one attached hydrogen (secondary N) is 3. The van der Waals surface area contributed by atoms with Gasteiger partial charge in [0, 0.05) is 0 Å². The van der Waals surface area contributed by atoms with E-state index in [1.165, 1.54) is 0 Å². The van der Waals surface area contributed by atoms with E-state index in [-0.39, 0.29) is 24.9 Å². The molecule has 7 heteroatoms. The second-order valence-corrected chi connectivity index (χ2v) is 5.59. The van der Waals surface area contributed by atoms with Gasteiger partial charge in [-0.3, -0.25) is 9.59 Å². The first-order chi connectivity index (χ1) is 12.7. The predicted molar refractivity (Wildman–Crippen MR) is 97.9 cm³/mol. The van der Waals surface area contributed by atoms with Crippen LogP contribution in [0.2, 0.25) is 0 Å². The number of aromatic nitrogens is 2. The second-order valence-electron chi connectivity index (χ2n) is 5.59. The molecule has 3 N–H and O–H groups in total. The fraction of sp³-hybridized carbons (Fsp3) is 0.211. The third-order valence-corrected chi connectivity index (χ3v) is 3.73. The van der Waals surface area contributed by atoms with Crippen LogP contribution < -0.4 is 15.4 Å². The quantitative estimate of drug-likeness (QED) is 0.606. The number of para-hydroxylation sites is 3. The summed E-state index contributed by atoms with van der Waals surface area (Å²) in [6, 6.07) is 14.6. The van der Waals surface area contributed by atoms with Crippen LogP contribution in [0.15, 0.2) is 48.5 Å². The minimum atomic E-state index is -0.354. The van der Waals surface area contributed by atoms with Crippen molar-refractivity contribution in [2.45, 2.75) is 13.5 Å². The van der Waals surface area contributed by atoms with Crippen molar-refractivity contribution in [2.75, 3.05) is 13.2 Å². The lowest BCUT2D eigenvalue weighted by Gasteiger charge is -2.10. The zero-order valence-electron chi connectivity index (χ0n) is 14.4. The highest BCUT2D eigenvalue weighted by atomic mass is 16.5. The number of amides is 2. The maximum Gasteiger partial charge on any atom is 0.255 e. The summed E-state index contributed by atoms with van der Waals surface area (Å²) < 4.78 is 5.43. The number of imidazole rings is 1. The zero-order chi connectivity index (χ0) is 18.4. The van der Waals surface area contributed by atoms with Crippen molar-refractivity contribution in [3.05, 3.63) is 59.9 Å². The third kappa shape index (κ3) is 4.18. The van der Waals surface area contributed by atoms with E-state index in [2.05, 4.69) is 20.6 Å². The summed E-state index contributed by atoms with van der Waals surface area (Å²) in [4.78, 5) is 31.7. The molecule has 0 unspecified atom stereocenters. The number of ether oxygens (including phenoxy) is 1. The summed E-state index contributed by atoms with van der Waals surface area (Å²) in [7, 11) is 0. The van der Waals surface area contributed by atoms with Crippen LogP contribution in [0.5, 0.6) is 5.75 Å². The molecule has 0 aliphatic rings. The minimum Gasteiger partial charge on any atom is -0.493 e. The van der Waals surface area contributed by atoms with Crippen molar-refractivity contribution in [1.29, 1.82) is 0 Å². The Morgan fingerprint density at radius 1 is 1.08 bits per heavy atom. The van der Waals surface area contributed by atoms with E-state index in [4.69, 9.17) is 4.74 Å². The average molecular weight is 352 g/mol. The normalized spacial score (nSPS) is 10.5. The maximum absolute atomic E-state index is 12.2. The minimum absolute atomic E-state index is 0.125. The summed E-state index contributed by atoms with van der Waals surface area (Å²) >= 11 is 0. The molecule has 2 amide bonds. The molecule has 0 saturated heterocycles. The summed E-state index contributed by atoms with van der Waals surface area (Å²) in [5.41, 5.74) is 2.16. The van der Waals surface area contributed by atoms with E-state index in [1.807, 2.05) is 31.2 Å². The SMILES string of the molecule is CCOc1ccccc1C(=O)NCC(=O)NCc1nc2ccccc2[nH]1. The number of nitrogens with zero attached hydrogens (tertiary/aromatic N) is 1. The zero-order valence-corrected chi connectivity index (χ0v) is 14.4. The molecule has 3 aromatic rings. The smallest absolute Gasteiger partial charge is 0.255 e. The first-order valence-electron chi connectivity index (χ1n) is 8.37. The van der Waals surface area contributed by atoms with Crippen LogP contribution in [0.3, 0.4) is 0 Å². The summed E-state index contributed by atoms with van der Waals surface area (Å²) in [5.74, 6) is 0.503. The Bertz CT molecular complexity index is 887. The van der Waals surface area contributed by atoms with Gasteiger partial charge in [-0.25, -0.2) is 4.98 Å². The molecular weight excluding hydrogens is 332 g/mol. The highest BCUT2D eigenvalue weighted by Crippen LogP contribution is 2.17. The van der Waals surface area contributed by atoms with Gasteiger partial charge in [0.15, 0.2) is 0 Å². The van der Waals surface area contributed by atoms with E-state index in [0.29, 0.717) is 23.7 Å². The first kappa shape index (κ1) is 17.5. The molecule has 0 fully saturated rings. The van der Waals surface area contributed by atoms with E-state index in [1.54, 1.807) is 24.3 Å². The number of carbonyl (C=O) groups excluding carboxylic acids is 2. The second kappa shape index (κ2) is 8.15. The van der Waals surface area contributed by atoms with Crippen LogP contribution in [0, 0.1) is 0 Å². The fourth-order valence-electron chi connectivity index (χ4n) is 2.53. The van der Waals surface area contributed by atoms with Gasteiger partial charge in [-0.05, 0) is 31.2 Å². The number of H-pyrrole nitrogens is 1. The molecule has 7 nitrogen and oxygen atoms in total. The van der Waals surface area contributed by atoms with E-state index in [0.717, 1.165) is 11.0 Å². The molecule has 134 valence electrons. The number of fused-ring (bicyclic) bond motifs is 1. The number of benzene rings is 2. The van der Waals surface area contributed by atoms with Gasteiger partial charge in [0.1, 0.15) is 11.6 Å². The van der Waals surface area contributed by atoms with Crippen molar-refractivity contribution in [3.63, 3.8) is 0 Å². The fourth-order valence-corrected chi connectivity index (χ4v) is 2.53. The lowest BCUT2D eigenvalue weighted by atomic mass is 10.2. The summed E-state index contributed by atoms with van der Waals surface area (Å²) in [6.07, 6.45) is 0. The average Bonchev–Trinajstić information content (AvgIpc) is 3.08. The lowest BCUT2D eigenvalue weighted by molar-refractivity contribution is -0.120. The topological polar surface area (TPSA) is 96.1 Å². The summed E-state index contributed by atoms with van der Waals surface area (Å²) in [5, 5.41) is 5.33. The lowest BCUT2D eigenvalue weighted by Crippen LogP contribution is -2.36. The molecule has 0 radical (unpaired) electrons. The van der Waals surface area contributed by atoms with Crippen LogP contribution in [-0.2, 0) is 11.3 Å². The number of aromatic amines is 1. The molecule has 1 aromatic heterocycles. The Hall–Kier alpha value is -3.35. The van der Waals surface area contributed by atoms with Gasteiger partial charge in [-0.15, -0.1) is 0 Å². The molecule has 26 heavy (non-hydrogen) atoms. The standard InChI is InChI=1S/C19H20N4O3/c1-2-26-16-10-6-3-7-13(16)19(25)21-12-18(24)20-11-17-22-14-8-4-5-9-15(14)23-17/h3-10H,2,11-12H2,1H3,(H,20,24)(H,21,25)(H,22,23). The van der Waals surface area contributed by atoms with Crippen LogP contribution in [0.1, 0.15) is 23.1 Å². The highest BCUT2D eigenvalue weighted by molar-refractivity contribution is 5.98. The Balaban J connectivity index is 1.51. The number of hydrogen-bond donors (Lipinski definition) is 3. The molecule has 3 rings (SSSR count). The molecule has 0 spiro atoms. The molecule has 0 aliphatic heterocycles. The molecule has 2 aromatic carbocycles. The summed E-state index contributed by atoms with van der Waals surface area (Å²) in [6.45, 7) is 2.45. The molecule has 0 atom stereocenters. The number of rotatable bonds is 7. The third-order valence-electron chi connectivity index (χ3n) is 3.73. The Morgan fingerprint density at radius 2 is 1.85 bits per heavy atom. The van der Waals surface area contributed by atoms with Gasteiger partial charge in [0.25, 0.3) is 5.91 Å². The van der Waals surface area contributed by atoms with Crippen molar-refractivity contribution in [2.24, 2.45) is 0 Å². The van der Waals surface area contributed by atoms with Gasteiger partial charge in [0.2, 0.25) is 5.91 Å². The molecule has 0 saturated carbocycles. The maximum atomic E-state index is 12.2. The molecule has 1 heterocycles. The van der Waals surface area contributed by atoms with Gasteiger partial charge in [0.05, 0.1) is 36.3 Å². The predicted octanol–water partition coefficient (Wildman–Crippen LogP) is 2.01. The molecule has 0 aliphatic carbocycles. The Kier molecular flexibility index (Phi) is 5.48. The van der Waals surface area contributed by atoms with Crippen molar-refractivity contribution >= 4 is 22.8 Å². The van der Waals surface area contributed by atoms with E-state index < -0.39 is 0 Å². The molecular formula is C19H20N4O3. The first-order valence-corrected chi connectivity index (χ1v) is 8.37. The number of hydrogen-bond acceptors (Lipinski definition) is 4. The molecule has 0 bridgehead atoms. The van der Waals surface area contributed by atoms with E-state index in [9.17, 15) is 9.59 Å². The Labute approximate surface area is 150 Å². The van der Waals surface area contributed by atoms with Crippen molar-refractivity contribution in [3.8, 4) is 5.75 Å². The monoisotopic (exact) mass is 352 g/mol. The van der Waals surface area contributed by atoms with Crippen molar-refractivity contribution in [1.82, 2.24) is 20.6 Å².